The minimum atomic E-state index is -0.819. The predicted molar refractivity (Wildman–Crippen MR) is 109 cm³/mol. The fourth-order valence-corrected chi connectivity index (χ4v) is 3.79. The molecule has 1 aliphatic heterocycles. The van der Waals surface area contributed by atoms with Gasteiger partial charge in [0.1, 0.15) is 17.5 Å². The summed E-state index contributed by atoms with van der Waals surface area (Å²) in [6, 6.07) is 9.81. The van der Waals surface area contributed by atoms with E-state index in [1.165, 1.54) is 6.07 Å². The van der Waals surface area contributed by atoms with Gasteiger partial charge in [-0.25, -0.2) is 13.6 Å². The van der Waals surface area contributed by atoms with Crippen molar-refractivity contribution in [3.8, 4) is 0 Å². The molecule has 156 valence electrons. The number of aryl methyl sites for hydroxylation is 1. The summed E-state index contributed by atoms with van der Waals surface area (Å²) in [7, 11) is 0. The Kier molecular flexibility index (Phi) is 5.67. The highest BCUT2D eigenvalue weighted by atomic mass is 35.5. The van der Waals surface area contributed by atoms with Gasteiger partial charge in [0.2, 0.25) is 0 Å². The van der Waals surface area contributed by atoms with Crippen molar-refractivity contribution in [2.75, 3.05) is 11.9 Å². The molecule has 9 heteroatoms. The van der Waals surface area contributed by atoms with Crippen LogP contribution >= 0.6 is 11.6 Å². The van der Waals surface area contributed by atoms with Gasteiger partial charge in [-0.3, -0.25) is 0 Å². The van der Waals surface area contributed by atoms with E-state index in [-0.39, 0.29) is 11.7 Å². The van der Waals surface area contributed by atoms with Crippen molar-refractivity contribution in [3.05, 3.63) is 76.3 Å². The summed E-state index contributed by atoms with van der Waals surface area (Å²) in [5.41, 5.74) is 0.969. The van der Waals surface area contributed by atoms with E-state index in [0.717, 1.165) is 36.4 Å². The number of hydrogen-bond acceptors (Lipinski definition) is 3. The predicted octanol–water partition coefficient (Wildman–Crippen LogP) is 4.94. The fraction of sp³-hybridized carbons (Fsp3) is 0.286. The van der Waals surface area contributed by atoms with Crippen LogP contribution in [0.4, 0.5) is 19.3 Å². The quantitative estimate of drug-likeness (QED) is 0.636. The highest BCUT2D eigenvalue weighted by Crippen LogP contribution is 2.32. The van der Waals surface area contributed by atoms with E-state index in [4.69, 9.17) is 11.6 Å². The smallest absolute Gasteiger partial charge is 0.314 e. The fourth-order valence-electron chi connectivity index (χ4n) is 3.67. The molecule has 1 atom stereocenters. The van der Waals surface area contributed by atoms with E-state index in [1.807, 2.05) is 35.8 Å². The molecule has 2 heterocycles. The minimum Gasteiger partial charge on any atom is -0.314 e. The standard InChI is InChI=1S/C21H20ClF2N5O/c1-13-26-27-20(29(13)12-14-4-6-15(22)7-5-14)19-3-2-10-28(19)21(30)25-18-9-8-16(23)11-17(18)24/h4-9,11,19H,2-3,10,12H2,1H3,(H,25,30)/t19-/m1/s1. The highest BCUT2D eigenvalue weighted by Gasteiger charge is 2.34. The minimum absolute atomic E-state index is 0.0640. The Morgan fingerprint density at radius 2 is 1.97 bits per heavy atom. The third kappa shape index (κ3) is 4.14. The maximum absolute atomic E-state index is 13.9. The Bertz CT molecular complexity index is 1070. The molecule has 3 aromatic rings. The molecule has 6 nitrogen and oxygen atoms in total. The first-order valence-corrected chi connectivity index (χ1v) is 9.97. The number of rotatable bonds is 4. The molecule has 1 saturated heterocycles. The number of benzene rings is 2. The van der Waals surface area contributed by atoms with Crippen LogP contribution in [-0.2, 0) is 6.54 Å². The van der Waals surface area contributed by atoms with Crippen molar-refractivity contribution in [2.24, 2.45) is 0 Å². The summed E-state index contributed by atoms with van der Waals surface area (Å²) in [6.07, 6.45) is 1.51. The van der Waals surface area contributed by atoms with Gasteiger partial charge in [0, 0.05) is 17.6 Å². The van der Waals surface area contributed by atoms with E-state index in [9.17, 15) is 13.6 Å². The second-order valence-corrected chi connectivity index (χ2v) is 7.66. The molecule has 0 aliphatic carbocycles. The first-order valence-electron chi connectivity index (χ1n) is 9.59. The van der Waals surface area contributed by atoms with Crippen LogP contribution in [0.5, 0.6) is 0 Å². The number of halogens is 3. The highest BCUT2D eigenvalue weighted by molar-refractivity contribution is 6.30. The molecule has 0 spiro atoms. The first-order chi connectivity index (χ1) is 14.4. The van der Waals surface area contributed by atoms with Gasteiger partial charge in [-0.1, -0.05) is 23.7 Å². The van der Waals surface area contributed by atoms with Crippen LogP contribution in [0.2, 0.25) is 5.02 Å². The van der Waals surface area contributed by atoms with Crippen LogP contribution in [0.3, 0.4) is 0 Å². The Hall–Kier alpha value is -3.00. The summed E-state index contributed by atoms with van der Waals surface area (Å²) >= 11 is 5.97. The van der Waals surface area contributed by atoms with Crippen molar-refractivity contribution in [3.63, 3.8) is 0 Å². The molecule has 30 heavy (non-hydrogen) atoms. The van der Waals surface area contributed by atoms with E-state index in [1.54, 1.807) is 4.90 Å². The largest absolute Gasteiger partial charge is 0.322 e. The van der Waals surface area contributed by atoms with Crippen LogP contribution in [0.1, 0.15) is 36.1 Å². The molecule has 4 rings (SSSR count). The molecule has 1 aliphatic rings. The molecule has 2 aromatic carbocycles. The number of hydrogen-bond donors (Lipinski definition) is 1. The summed E-state index contributed by atoms with van der Waals surface area (Å²) in [4.78, 5) is 14.4. The Morgan fingerprint density at radius 1 is 1.20 bits per heavy atom. The maximum atomic E-state index is 13.9. The number of nitrogens with one attached hydrogen (secondary N) is 1. The van der Waals surface area contributed by atoms with Crippen molar-refractivity contribution in [1.82, 2.24) is 19.7 Å². The number of carbonyl (C=O) groups excluding carboxylic acids is 1. The van der Waals surface area contributed by atoms with Crippen molar-refractivity contribution in [2.45, 2.75) is 32.4 Å². The van der Waals surface area contributed by atoms with Crippen LogP contribution < -0.4 is 5.32 Å². The molecule has 0 unspecified atom stereocenters. The van der Waals surface area contributed by atoms with Crippen molar-refractivity contribution in [1.29, 1.82) is 0 Å². The summed E-state index contributed by atoms with van der Waals surface area (Å²) < 4.78 is 29.0. The molecule has 1 fully saturated rings. The lowest BCUT2D eigenvalue weighted by Gasteiger charge is -2.25. The van der Waals surface area contributed by atoms with Crippen LogP contribution in [0.15, 0.2) is 42.5 Å². The molecular formula is C21H20ClF2N5O. The van der Waals surface area contributed by atoms with Gasteiger partial charge < -0.3 is 14.8 Å². The lowest BCUT2D eigenvalue weighted by Crippen LogP contribution is -2.36. The third-order valence-electron chi connectivity index (χ3n) is 5.20. The molecule has 0 radical (unpaired) electrons. The number of carbonyl (C=O) groups is 1. The van der Waals surface area contributed by atoms with Gasteiger partial charge >= 0.3 is 6.03 Å². The van der Waals surface area contributed by atoms with Gasteiger partial charge in [0.25, 0.3) is 0 Å². The topological polar surface area (TPSA) is 63.1 Å². The third-order valence-corrected chi connectivity index (χ3v) is 5.45. The van der Waals surface area contributed by atoms with Crippen LogP contribution in [0.25, 0.3) is 0 Å². The number of anilines is 1. The number of amides is 2. The zero-order chi connectivity index (χ0) is 21.3. The Balaban J connectivity index is 1.56. The van der Waals surface area contributed by atoms with Crippen LogP contribution in [0, 0.1) is 18.6 Å². The molecule has 0 saturated carbocycles. The normalized spacial score (nSPS) is 16.1. The van der Waals surface area contributed by atoms with Gasteiger partial charge in [-0.05, 0) is 49.6 Å². The summed E-state index contributed by atoms with van der Waals surface area (Å²) in [5.74, 6) is -0.109. The lowest BCUT2D eigenvalue weighted by atomic mass is 10.2. The van der Waals surface area contributed by atoms with E-state index in [0.29, 0.717) is 23.9 Å². The maximum Gasteiger partial charge on any atom is 0.322 e. The number of nitrogens with zero attached hydrogens (tertiary/aromatic N) is 4. The van der Waals surface area contributed by atoms with Gasteiger partial charge in [-0.2, -0.15) is 0 Å². The van der Waals surface area contributed by atoms with Gasteiger partial charge in [0.05, 0.1) is 18.3 Å². The number of aromatic nitrogens is 3. The Labute approximate surface area is 177 Å². The molecular weight excluding hydrogens is 412 g/mol. The monoisotopic (exact) mass is 431 g/mol. The average molecular weight is 432 g/mol. The van der Waals surface area contributed by atoms with E-state index in [2.05, 4.69) is 15.5 Å². The van der Waals surface area contributed by atoms with Crippen molar-refractivity contribution < 1.29 is 13.6 Å². The van der Waals surface area contributed by atoms with Crippen LogP contribution in [-0.4, -0.2) is 32.2 Å². The van der Waals surface area contributed by atoms with Gasteiger partial charge in [-0.15, -0.1) is 10.2 Å². The Morgan fingerprint density at radius 3 is 2.70 bits per heavy atom. The zero-order valence-electron chi connectivity index (χ0n) is 16.3. The number of urea groups is 1. The molecule has 1 aromatic heterocycles. The zero-order valence-corrected chi connectivity index (χ0v) is 17.0. The summed E-state index contributed by atoms with van der Waals surface area (Å²) in [5, 5.41) is 11.7. The second-order valence-electron chi connectivity index (χ2n) is 7.22. The molecule has 2 amide bonds. The van der Waals surface area contributed by atoms with E-state index >= 15 is 0 Å². The second kappa shape index (κ2) is 8.39. The lowest BCUT2D eigenvalue weighted by molar-refractivity contribution is 0.203. The van der Waals surface area contributed by atoms with E-state index < -0.39 is 17.7 Å². The van der Waals surface area contributed by atoms with Crippen molar-refractivity contribution >= 4 is 23.3 Å². The molecule has 1 N–H and O–H groups in total. The number of likely N-dealkylation sites (tertiary alicyclic amines) is 1. The summed E-state index contributed by atoms with van der Waals surface area (Å²) in [6.45, 7) is 2.91. The molecule has 0 bridgehead atoms. The SMILES string of the molecule is Cc1nnc([C@H]2CCCN2C(=O)Nc2ccc(F)cc2F)n1Cc1ccc(Cl)cc1. The first kappa shape index (κ1) is 20.3. The average Bonchev–Trinajstić information content (AvgIpc) is 3.33. The van der Waals surface area contributed by atoms with Gasteiger partial charge in [0.15, 0.2) is 5.82 Å².